The lowest BCUT2D eigenvalue weighted by Gasteiger charge is -2.09. The van der Waals surface area contributed by atoms with Crippen molar-refractivity contribution >= 4 is 5.78 Å². The van der Waals surface area contributed by atoms with E-state index in [9.17, 15) is 14.3 Å². The van der Waals surface area contributed by atoms with Crippen LogP contribution in [0.4, 0.5) is 4.39 Å². The van der Waals surface area contributed by atoms with Gasteiger partial charge in [0.25, 0.3) is 0 Å². The summed E-state index contributed by atoms with van der Waals surface area (Å²) < 4.78 is 12.7. The van der Waals surface area contributed by atoms with Crippen LogP contribution in [0.3, 0.4) is 0 Å². The Morgan fingerprint density at radius 3 is 2.18 bits per heavy atom. The fourth-order valence-corrected chi connectivity index (χ4v) is 1.56. The third-order valence-corrected chi connectivity index (χ3v) is 2.49. The van der Waals surface area contributed by atoms with Gasteiger partial charge in [0.2, 0.25) is 0 Å². The molecule has 0 aliphatic carbocycles. The first-order valence-electron chi connectivity index (χ1n) is 5.21. The van der Waals surface area contributed by atoms with Gasteiger partial charge in [-0.1, -0.05) is 30.3 Å². The van der Waals surface area contributed by atoms with E-state index in [4.69, 9.17) is 0 Å². The van der Waals surface area contributed by atoms with E-state index in [1.807, 2.05) is 0 Å². The van der Waals surface area contributed by atoms with Crippen molar-refractivity contribution in [3.8, 4) is 0 Å². The molecule has 0 saturated carbocycles. The van der Waals surface area contributed by atoms with E-state index in [1.54, 1.807) is 30.3 Å². The maximum Gasteiger partial charge on any atom is 0.195 e. The van der Waals surface area contributed by atoms with Gasteiger partial charge in [0.05, 0.1) is 0 Å². The molecule has 2 aromatic rings. The molecule has 1 N–H and O–H groups in total. The van der Waals surface area contributed by atoms with E-state index in [1.165, 1.54) is 24.3 Å². The van der Waals surface area contributed by atoms with Crippen molar-refractivity contribution in [2.45, 2.75) is 6.10 Å². The largest absolute Gasteiger partial charge is 0.380 e. The van der Waals surface area contributed by atoms with E-state index in [2.05, 4.69) is 0 Å². The van der Waals surface area contributed by atoms with Gasteiger partial charge in [-0.15, -0.1) is 0 Å². The average molecular weight is 230 g/mol. The summed E-state index contributed by atoms with van der Waals surface area (Å²) in [6, 6.07) is 13.8. The number of aliphatic hydroxyl groups excluding tert-OH is 1. The van der Waals surface area contributed by atoms with Gasteiger partial charge in [0.1, 0.15) is 11.9 Å². The zero-order valence-corrected chi connectivity index (χ0v) is 9.01. The molecule has 17 heavy (non-hydrogen) atoms. The Hall–Kier alpha value is -2.00. The molecule has 0 saturated heterocycles. The van der Waals surface area contributed by atoms with E-state index < -0.39 is 17.7 Å². The van der Waals surface area contributed by atoms with Crippen LogP contribution in [0.25, 0.3) is 0 Å². The highest BCUT2D eigenvalue weighted by Gasteiger charge is 2.18. The second-order valence-electron chi connectivity index (χ2n) is 3.68. The van der Waals surface area contributed by atoms with Crippen molar-refractivity contribution in [1.82, 2.24) is 0 Å². The molecule has 0 bridgehead atoms. The smallest absolute Gasteiger partial charge is 0.195 e. The standard InChI is InChI=1S/C14H11FO2/c15-12-8-6-11(7-9-12)14(17)13(16)10-4-2-1-3-5-10/h1-9,13,16H/t13-/m1/s1. The predicted molar refractivity (Wildman–Crippen MR) is 62.1 cm³/mol. The van der Waals surface area contributed by atoms with Crippen molar-refractivity contribution in [2.75, 3.05) is 0 Å². The van der Waals surface area contributed by atoms with Gasteiger partial charge in [-0.05, 0) is 29.8 Å². The van der Waals surface area contributed by atoms with Crippen LogP contribution in [0.5, 0.6) is 0 Å². The van der Waals surface area contributed by atoms with Gasteiger partial charge in [-0.25, -0.2) is 4.39 Å². The van der Waals surface area contributed by atoms with Gasteiger partial charge in [0, 0.05) is 5.56 Å². The number of carbonyl (C=O) groups is 1. The first-order chi connectivity index (χ1) is 8.18. The van der Waals surface area contributed by atoms with Crippen LogP contribution in [0, 0.1) is 5.82 Å². The third-order valence-electron chi connectivity index (χ3n) is 2.49. The summed E-state index contributed by atoms with van der Waals surface area (Å²) in [6.07, 6.45) is -1.21. The van der Waals surface area contributed by atoms with Crippen LogP contribution in [0.15, 0.2) is 54.6 Å². The van der Waals surface area contributed by atoms with Crippen molar-refractivity contribution in [2.24, 2.45) is 0 Å². The van der Waals surface area contributed by atoms with Crippen LogP contribution in [-0.2, 0) is 0 Å². The summed E-state index contributed by atoms with van der Waals surface area (Å²) in [7, 11) is 0. The Bertz CT molecular complexity index is 506. The van der Waals surface area contributed by atoms with Gasteiger partial charge in [-0.3, -0.25) is 4.79 Å². The molecule has 0 fully saturated rings. The first-order valence-corrected chi connectivity index (χ1v) is 5.21. The van der Waals surface area contributed by atoms with Crippen molar-refractivity contribution in [3.63, 3.8) is 0 Å². The molecule has 0 aliphatic heterocycles. The lowest BCUT2D eigenvalue weighted by Crippen LogP contribution is -2.12. The molecule has 86 valence electrons. The van der Waals surface area contributed by atoms with E-state index >= 15 is 0 Å². The molecule has 1 atom stereocenters. The number of Topliss-reactive ketones (excluding diaryl/α,β-unsaturated/α-hetero) is 1. The van der Waals surface area contributed by atoms with Gasteiger partial charge >= 0.3 is 0 Å². The summed E-state index contributed by atoms with van der Waals surface area (Å²) in [6.45, 7) is 0. The fraction of sp³-hybridized carbons (Fsp3) is 0.0714. The monoisotopic (exact) mass is 230 g/mol. The van der Waals surface area contributed by atoms with E-state index in [0.717, 1.165) is 0 Å². The molecule has 0 amide bonds. The first kappa shape index (κ1) is 11.5. The molecule has 2 nitrogen and oxygen atoms in total. The molecule has 0 aliphatic rings. The van der Waals surface area contributed by atoms with Crippen LogP contribution in [0.2, 0.25) is 0 Å². The number of halogens is 1. The maximum atomic E-state index is 12.7. The zero-order valence-electron chi connectivity index (χ0n) is 9.01. The Kier molecular flexibility index (Phi) is 3.30. The van der Waals surface area contributed by atoms with Crippen LogP contribution < -0.4 is 0 Å². The van der Waals surface area contributed by atoms with E-state index in [-0.39, 0.29) is 0 Å². The number of carbonyl (C=O) groups excluding carboxylic acids is 1. The summed E-state index contributed by atoms with van der Waals surface area (Å²) in [5.74, 6) is -0.841. The van der Waals surface area contributed by atoms with Crippen molar-refractivity contribution in [1.29, 1.82) is 0 Å². The molecular weight excluding hydrogens is 219 g/mol. The second-order valence-corrected chi connectivity index (χ2v) is 3.68. The molecule has 0 radical (unpaired) electrons. The minimum atomic E-state index is -1.21. The molecule has 0 spiro atoms. The molecule has 0 unspecified atom stereocenters. The second kappa shape index (κ2) is 4.89. The summed E-state index contributed by atoms with van der Waals surface area (Å²) in [4.78, 5) is 11.9. The summed E-state index contributed by atoms with van der Waals surface area (Å²) >= 11 is 0. The van der Waals surface area contributed by atoms with Gasteiger partial charge in [-0.2, -0.15) is 0 Å². The van der Waals surface area contributed by atoms with Crippen LogP contribution >= 0.6 is 0 Å². The molecule has 0 aromatic heterocycles. The Labute approximate surface area is 98.3 Å². The van der Waals surface area contributed by atoms with Crippen LogP contribution in [0.1, 0.15) is 22.0 Å². The molecule has 2 rings (SSSR count). The number of rotatable bonds is 3. The van der Waals surface area contributed by atoms with Gasteiger partial charge < -0.3 is 5.11 Å². The highest BCUT2D eigenvalue weighted by molar-refractivity contribution is 5.99. The molecular formula is C14H11FO2. The number of ketones is 1. The normalized spacial score (nSPS) is 12.1. The maximum absolute atomic E-state index is 12.7. The quantitative estimate of drug-likeness (QED) is 0.823. The third kappa shape index (κ3) is 2.57. The molecule has 3 heteroatoms. The summed E-state index contributed by atoms with van der Waals surface area (Å²) in [5.41, 5.74) is 0.824. The Morgan fingerprint density at radius 2 is 1.59 bits per heavy atom. The van der Waals surface area contributed by atoms with Crippen LogP contribution in [-0.4, -0.2) is 10.9 Å². The number of hydrogen-bond acceptors (Lipinski definition) is 2. The molecule has 2 aromatic carbocycles. The highest BCUT2D eigenvalue weighted by atomic mass is 19.1. The fourth-order valence-electron chi connectivity index (χ4n) is 1.56. The lowest BCUT2D eigenvalue weighted by molar-refractivity contribution is 0.0747. The SMILES string of the molecule is O=C(c1ccc(F)cc1)[C@H](O)c1ccccc1. The Balaban J connectivity index is 2.23. The minimum Gasteiger partial charge on any atom is -0.380 e. The molecule has 0 heterocycles. The van der Waals surface area contributed by atoms with Crippen molar-refractivity contribution < 1.29 is 14.3 Å². The summed E-state index contributed by atoms with van der Waals surface area (Å²) in [5, 5.41) is 9.87. The number of aliphatic hydroxyl groups is 1. The van der Waals surface area contributed by atoms with Crippen molar-refractivity contribution in [3.05, 3.63) is 71.5 Å². The minimum absolute atomic E-state index is 0.294. The lowest BCUT2D eigenvalue weighted by atomic mass is 10.0. The Morgan fingerprint density at radius 1 is 1.00 bits per heavy atom. The van der Waals surface area contributed by atoms with E-state index in [0.29, 0.717) is 11.1 Å². The number of hydrogen-bond donors (Lipinski definition) is 1. The van der Waals surface area contributed by atoms with Gasteiger partial charge in [0.15, 0.2) is 5.78 Å². The topological polar surface area (TPSA) is 37.3 Å². The number of benzene rings is 2. The zero-order chi connectivity index (χ0) is 12.3. The average Bonchev–Trinajstić information content (AvgIpc) is 2.39. The predicted octanol–water partition coefficient (Wildman–Crippen LogP) is 2.74. The highest BCUT2D eigenvalue weighted by Crippen LogP contribution is 2.18.